The van der Waals surface area contributed by atoms with Gasteiger partial charge in [-0.2, -0.15) is 0 Å². The van der Waals surface area contributed by atoms with Gasteiger partial charge in [0.05, 0.1) is 4.24 Å². The van der Waals surface area contributed by atoms with E-state index in [1.54, 1.807) is 30.4 Å². The molecule has 1 saturated carbocycles. The van der Waals surface area contributed by atoms with E-state index in [0.717, 1.165) is 11.1 Å². The van der Waals surface area contributed by atoms with Crippen LogP contribution in [0.1, 0.15) is 37.3 Å². The number of halogens is 1. The van der Waals surface area contributed by atoms with Gasteiger partial charge in [0, 0.05) is 29.1 Å². The monoisotopic (exact) mass is 531 g/mol. The van der Waals surface area contributed by atoms with Crippen LogP contribution in [0.2, 0.25) is 5.02 Å². The highest BCUT2D eigenvalue weighted by Crippen LogP contribution is 2.61. The molecule has 2 aromatic carbocycles. The maximum absolute atomic E-state index is 13.1. The molecule has 35 heavy (non-hydrogen) atoms. The lowest BCUT2D eigenvalue weighted by atomic mass is 9.86. The summed E-state index contributed by atoms with van der Waals surface area (Å²) in [6.07, 6.45) is 6.32. The van der Waals surface area contributed by atoms with Crippen molar-refractivity contribution in [3.05, 3.63) is 92.0 Å². The lowest BCUT2D eigenvalue weighted by molar-refractivity contribution is -0.121. The Morgan fingerprint density at radius 2 is 1.86 bits per heavy atom. The quantitative estimate of drug-likeness (QED) is 0.170. The molecule has 2 aromatic rings. The highest BCUT2D eigenvalue weighted by Gasteiger charge is 2.73. The van der Waals surface area contributed by atoms with Crippen LogP contribution < -0.4 is 10.0 Å². The van der Waals surface area contributed by atoms with Crippen molar-refractivity contribution in [2.45, 2.75) is 37.1 Å². The Hall–Kier alpha value is -2.59. The van der Waals surface area contributed by atoms with E-state index in [0.29, 0.717) is 24.4 Å². The molecule has 1 aliphatic rings. The molecule has 0 radical (unpaired) electrons. The summed E-state index contributed by atoms with van der Waals surface area (Å²) in [5.41, 5.74) is -0.497. The zero-order valence-corrected chi connectivity index (χ0v) is 21.5. The van der Waals surface area contributed by atoms with Crippen molar-refractivity contribution in [3.8, 4) is 0 Å². The van der Waals surface area contributed by atoms with Crippen molar-refractivity contribution in [1.29, 1.82) is 0 Å². The van der Waals surface area contributed by atoms with Crippen LogP contribution in [0.5, 0.6) is 0 Å². The molecular weight excluding hydrogens is 506 g/mol. The lowest BCUT2D eigenvalue weighted by Crippen LogP contribution is -2.46. The van der Waals surface area contributed by atoms with E-state index >= 15 is 0 Å². The minimum atomic E-state index is -1.88. The third-order valence-electron chi connectivity index (χ3n) is 6.04. The Balaban J connectivity index is 1.82. The van der Waals surface area contributed by atoms with E-state index in [-0.39, 0.29) is 16.6 Å². The van der Waals surface area contributed by atoms with Gasteiger partial charge in [0.25, 0.3) is 0 Å². The average Bonchev–Trinajstić information content (AvgIpc) is 3.51. The van der Waals surface area contributed by atoms with E-state index in [4.69, 9.17) is 11.6 Å². The Kier molecular flexibility index (Phi) is 9.18. The van der Waals surface area contributed by atoms with Gasteiger partial charge in [-0.1, -0.05) is 66.2 Å². The summed E-state index contributed by atoms with van der Waals surface area (Å²) >= 11 is 10.2. The number of thiol groups is 1. The van der Waals surface area contributed by atoms with Crippen LogP contribution >= 0.6 is 24.2 Å². The number of nitroso groups, excluding NO2 is 1. The molecule has 0 bridgehead atoms. The largest absolute Gasteiger partial charge is 0.356 e. The van der Waals surface area contributed by atoms with Crippen molar-refractivity contribution in [1.82, 2.24) is 10.0 Å². The van der Waals surface area contributed by atoms with Crippen molar-refractivity contribution in [2.75, 3.05) is 6.54 Å². The molecule has 0 aromatic heterocycles. The molecule has 0 spiro atoms. The first kappa shape index (κ1) is 27.0. The van der Waals surface area contributed by atoms with Gasteiger partial charge in [-0.25, -0.2) is 8.93 Å². The maximum atomic E-state index is 13.1. The molecule has 2 N–H and O–H groups in total. The predicted molar refractivity (Wildman–Crippen MR) is 143 cm³/mol. The van der Waals surface area contributed by atoms with Crippen molar-refractivity contribution < 1.29 is 13.8 Å². The van der Waals surface area contributed by atoms with Crippen LogP contribution in [0.25, 0.3) is 6.08 Å². The third kappa shape index (κ3) is 6.35. The second-order valence-corrected chi connectivity index (χ2v) is 10.7. The fraction of sp³-hybridized carbons (Fsp3) is 0.280. The number of amides is 2. The molecule has 10 heteroatoms. The fourth-order valence-corrected chi connectivity index (χ4v) is 5.57. The summed E-state index contributed by atoms with van der Waals surface area (Å²) in [5.74, 6) is -1.06. The van der Waals surface area contributed by atoms with Gasteiger partial charge >= 0.3 is 5.91 Å². The van der Waals surface area contributed by atoms with Gasteiger partial charge in [-0.05, 0) is 48.6 Å². The topological polar surface area (TPSA) is 105 Å². The standard InChI is InChI=1S/C25H26ClN3O4S2/c1-18(30)27-16-6-15-24(20-8-3-2-4-9-20)17-25(24,23(31)28-32)29-35(33)22(34)10-5-7-19-11-13-21(26)14-12-19/h2-5,7-14,29,34H,6,15-17H2,1H3,(H,27,30)/b7-5+,22-10+. The van der Waals surface area contributed by atoms with Gasteiger partial charge < -0.3 is 5.32 Å². The number of hydrogen-bond donors (Lipinski definition) is 3. The minimum absolute atomic E-state index is 0.151. The van der Waals surface area contributed by atoms with E-state index < -0.39 is 27.8 Å². The van der Waals surface area contributed by atoms with E-state index in [2.05, 4.69) is 27.8 Å². The van der Waals surface area contributed by atoms with Crippen molar-refractivity contribution in [3.63, 3.8) is 0 Å². The van der Waals surface area contributed by atoms with Crippen LogP contribution in [0.4, 0.5) is 0 Å². The molecule has 0 saturated heterocycles. The van der Waals surface area contributed by atoms with Crippen LogP contribution in [0.15, 0.2) is 76.2 Å². The van der Waals surface area contributed by atoms with E-state index in [9.17, 15) is 18.7 Å². The molecule has 7 nitrogen and oxygen atoms in total. The lowest BCUT2D eigenvalue weighted by Gasteiger charge is -2.24. The van der Waals surface area contributed by atoms with Gasteiger partial charge in [0.1, 0.15) is 16.5 Å². The van der Waals surface area contributed by atoms with Gasteiger partial charge in [0.2, 0.25) is 5.91 Å². The van der Waals surface area contributed by atoms with Gasteiger partial charge in [-0.3, -0.25) is 9.59 Å². The SMILES string of the molecule is CC(=O)NCCCC1(c2ccccc2)CC1(NS(=O)/C(S)=C/C=C/c1ccc(Cl)cc1)C(=O)N=O. The number of allylic oxidation sites excluding steroid dienone is 2. The Morgan fingerprint density at radius 3 is 2.49 bits per heavy atom. The zero-order chi connectivity index (χ0) is 25.5. The Bertz CT molecular complexity index is 1170. The van der Waals surface area contributed by atoms with E-state index in [1.165, 1.54) is 6.92 Å². The summed E-state index contributed by atoms with van der Waals surface area (Å²) < 4.78 is 16.1. The van der Waals surface area contributed by atoms with Crippen molar-refractivity contribution >= 4 is 53.1 Å². The minimum Gasteiger partial charge on any atom is -0.356 e. The van der Waals surface area contributed by atoms with E-state index in [1.807, 2.05) is 42.5 Å². The van der Waals surface area contributed by atoms with Crippen LogP contribution in [0, 0.1) is 4.91 Å². The molecule has 0 heterocycles. The first-order valence-corrected chi connectivity index (χ1v) is 12.9. The highest BCUT2D eigenvalue weighted by atomic mass is 35.5. The van der Waals surface area contributed by atoms with Crippen LogP contribution in [-0.4, -0.2) is 28.1 Å². The normalized spacial score (nSPS) is 22.5. The third-order valence-corrected chi connectivity index (χ3v) is 7.99. The summed E-state index contributed by atoms with van der Waals surface area (Å²) in [6, 6.07) is 16.5. The highest BCUT2D eigenvalue weighted by molar-refractivity contribution is 8.05. The number of nitrogens with one attached hydrogen (secondary N) is 2. The summed E-state index contributed by atoms with van der Waals surface area (Å²) in [7, 11) is -1.88. The molecular formula is C25H26ClN3O4S2. The molecule has 3 rings (SSSR count). The second-order valence-electron chi connectivity index (χ2n) is 8.30. The molecule has 184 valence electrons. The first-order chi connectivity index (χ1) is 16.7. The number of benzene rings is 2. The molecule has 3 unspecified atom stereocenters. The van der Waals surface area contributed by atoms with Crippen LogP contribution in [0.3, 0.4) is 0 Å². The number of carbonyl (C=O) groups excluding carboxylic acids is 2. The predicted octanol–water partition coefficient (Wildman–Crippen LogP) is 4.67. The zero-order valence-electron chi connectivity index (χ0n) is 19.1. The summed E-state index contributed by atoms with van der Waals surface area (Å²) in [5, 5.41) is 6.06. The molecule has 1 aliphatic carbocycles. The molecule has 0 aliphatic heterocycles. The second kappa shape index (κ2) is 11.9. The first-order valence-electron chi connectivity index (χ1n) is 10.9. The fourth-order valence-electron chi connectivity index (χ4n) is 4.24. The molecule has 2 amide bonds. The Morgan fingerprint density at radius 1 is 1.17 bits per heavy atom. The van der Waals surface area contributed by atoms with Crippen LogP contribution in [-0.2, 0) is 26.0 Å². The Labute approximate surface area is 217 Å². The maximum Gasteiger partial charge on any atom is 0.308 e. The molecule has 1 fully saturated rings. The van der Waals surface area contributed by atoms with Gasteiger partial charge in [0.15, 0.2) is 0 Å². The average molecular weight is 532 g/mol. The smallest absolute Gasteiger partial charge is 0.308 e. The van der Waals surface area contributed by atoms with Gasteiger partial charge in [-0.15, -0.1) is 17.5 Å². The summed E-state index contributed by atoms with van der Waals surface area (Å²) in [6.45, 7) is 1.85. The molecule has 3 atom stereocenters. The number of nitrogens with zero attached hydrogens (tertiary/aromatic N) is 1. The number of rotatable bonds is 11. The van der Waals surface area contributed by atoms with Crippen molar-refractivity contribution in [2.24, 2.45) is 5.18 Å². The number of carbonyl (C=O) groups is 2. The number of hydrogen-bond acceptors (Lipinski definition) is 5. The summed E-state index contributed by atoms with van der Waals surface area (Å²) in [4.78, 5) is 35.4.